The number of para-hydroxylation sites is 1. The third kappa shape index (κ3) is 8.95. The second kappa shape index (κ2) is 10.8. The fraction of sp³-hybridized carbons (Fsp3) is 0.364. The first-order valence-electron chi connectivity index (χ1n) is 9.09. The minimum atomic E-state index is -0.479. The quantitative estimate of drug-likeness (QED) is 0.416. The molecule has 0 aliphatic carbocycles. The number of hydrogen-bond donors (Lipinski definition) is 0. The predicted molar refractivity (Wildman–Crippen MR) is 111 cm³/mol. The van der Waals surface area contributed by atoms with Gasteiger partial charge in [0.05, 0.1) is 12.2 Å². The average molecular weight is 403 g/mol. The molecule has 0 bridgehead atoms. The van der Waals surface area contributed by atoms with Crippen molar-refractivity contribution in [3.63, 3.8) is 0 Å². The van der Waals surface area contributed by atoms with Gasteiger partial charge in [-0.15, -0.1) is 0 Å². The van der Waals surface area contributed by atoms with Crippen LogP contribution in [-0.4, -0.2) is 35.5 Å². The van der Waals surface area contributed by atoms with Crippen molar-refractivity contribution in [2.24, 2.45) is 0 Å². The van der Waals surface area contributed by atoms with Gasteiger partial charge in [0, 0.05) is 5.75 Å². The van der Waals surface area contributed by atoms with Crippen molar-refractivity contribution >= 4 is 23.5 Å². The van der Waals surface area contributed by atoms with Gasteiger partial charge in [-0.2, -0.15) is 11.8 Å². The van der Waals surface area contributed by atoms with Gasteiger partial charge in [-0.3, -0.25) is 9.59 Å². The van der Waals surface area contributed by atoms with Crippen LogP contribution in [0.3, 0.4) is 0 Å². The van der Waals surface area contributed by atoms with Crippen LogP contribution in [-0.2, 0) is 14.3 Å². The van der Waals surface area contributed by atoms with E-state index >= 15 is 0 Å². The molecule has 0 heterocycles. The number of rotatable bonds is 10. The number of esters is 1. The molecular formula is C22H26O5S. The van der Waals surface area contributed by atoms with Crippen molar-refractivity contribution in [2.75, 3.05) is 18.1 Å². The maximum absolute atomic E-state index is 11.9. The van der Waals surface area contributed by atoms with Crippen LogP contribution in [0.25, 0.3) is 0 Å². The molecule has 6 heteroatoms. The molecular weight excluding hydrogens is 376 g/mol. The summed E-state index contributed by atoms with van der Waals surface area (Å²) in [6, 6.07) is 16.6. The second-order valence-corrected chi connectivity index (χ2v) is 8.21. The van der Waals surface area contributed by atoms with Crippen LogP contribution in [0.5, 0.6) is 17.2 Å². The highest BCUT2D eigenvalue weighted by Crippen LogP contribution is 2.23. The molecule has 150 valence electrons. The van der Waals surface area contributed by atoms with E-state index in [9.17, 15) is 9.59 Å². The Kier molecular flexibility index (Phi) is 8.39. The molecule has 0 fully saturated rings. The SMILES string of the molecule is CC(C)(C)OC(=O)CCSCC(=O)COc1ccc(Oc2ccccc2)cc1. The summed E-state index contributed by atoms with van der Waals surface area (Å²) in [5.74, 6) is 2.63. The highest BCUT2D eigenvalue weighted by molar-refractivity contribution is 7.99. The first-order chi connectivity index (χ1) is 13.3. The number of hydrogen-bond acceptors (Lipinski definition) is 6. The lowest BCUT2D eigenvalue weighted by atomic mass is 10.2. The number of thioether (sulfide) groups is 1. The van der Waals surface area contributed by atoms with E-state index in [0.29, 0.717) is 29.4 Å². The summed E-state index contributed by atoms with van der Waals surface area (Å²) >= 11 is 1.40. The Morgan fingerprint density at radius 3 is 2.14 bits per heavy atom. The van der Waals surface area contributed by atoms with Crippen LogP contribution in [0, 0.1) is 0 Å². The number of ketones is 1. The summed E-state index contributed by atoms with van der Waals surface area (Å²) in [5, 5.41) is 0. The molecule has 0 aliphatic heterocycles. The van der Waals surface area contributed by atoms with Crippen LogP contribution < -0.4 is 9.47 Å². The van der Waals surface area contributed by atoms with Gasteiger partial charge in [0.15, 0.2) is 5.78 Å². The average Bonchev–Trinajstić information content (AvgIpc) is 2.64. The smallest absolute Gasteiger partial charge is 0.307 e. The molecule has 2 aromatic carbocycles. The van der Waals surface area contributed by atoms with Crippen molar-refractivity contribution in [1.82, 2.24) is 0 Å². The molecule has 5 nitrogen and oxygen atoms in total. The molecule has 0 atom stereocenters. The van der Waals surface area contributed by atoms with E-state index < -0.39 is 5.60 Å². The molecule has 2 rings (SSSR count). The van der Waals surface area contributed by atoms with E-state index in [1.165, 1.54) is 11.8 Å². The Balaban J connectivity index is 1.64. The van der Waals surface area contributed by atoms with Gasteiger partial charge < -0.3 is 14.2 Å². The van der Waals surface area contributed by atoms with Gasteiger partial charge >= 0.3 is 5.97 Å². The normalized spacial score (nSPS) is 11.0. The molecule has 0 unspecified atom stereocenters. The number of benzene rings is 2. The molecule has 0 radical (unpaired) electrons. The van der Waals surface area contributed by atoms with Crippen molar-refractivity contribution in [3.05, 3.63) is 54.6 Å². The number of carbonyl (C=O) groups excluding carboxylic acids is 2. The van der Waals surface area contributed by atoms with Gasteiger partial charge in [0.1, 0.15) is 29.5 Å². The Morgan fingerprint density at radius 2 is 1.50 bits per heavy atom. The number of Topliss-reactive ketones (excluding diaryl/α,β-unsaturated/α-hetero) is 1. The largest absolute Gasteiger partial charge is 0.486 e. The third-order valence-electron chi connectivity index (χ3n) is 3.34. The second-order valence-electron chi connectivity index (χ2n) is 7.10. The molecule has 0 aromatic heterocycles. The lowest BCUT2D eigenvalue weighted by molar-refractivity contribution is -0.154. The predicted octanol–water partition coefficient (Wildman–Crippen LogP) is 4.89. The first-order valence-corrected chi connectivity index (χ1v) is 10.2. The zero-order valence-electron chi connectivity index (χ0n) is 16.5. The lowest BCUT2D eigenvalue weighted by Crippen LogP contribution is -2.24. The van der Waals surface area contributed by atoms with E-state index in [4.69, 9.17) is 14.2 Å². The summed E-state index contributed by atoms with van der Waals surface area (Å²) in [6.07, 6.45) is 0.291. The Hall–Kier alpha value is -2.47. The standard InChI is InChI=1S/C22H26O5S/c1-22(2,3)27-21(24)13-14-28-16-17(23)15-25-18-9-11-20(12-10-18)26-19-7-5-4-6-8-19/h4-12H,13-16H2,1-3H3. The van der Waals surface area contributed by atoms with Crippen LogP contribution in [0.2, 0.25) is 0 Å². The van der Waals surface area contributed by atoms with Gasteiger partial charge in [-0.05, 0) is 57.2 Å². The molecule has 0 spiro atoms. The Morgan fingerprint density at radius 1 is 0.893 bits per heavy atom. The first kappa shape index (κ1) is 21.8. The summed E-state index contributed by atoms with van der Waals surface area (Å²) in [7, 11) is 0. The summed E-state index contributed by atoms with van der Waals surface area (Å²) < 4.78 is 16.4. The van der Waals surface area contributed by atoms with Gasteiger partial charge in [0.2, 0.25) is 0 Å². The van der Waals surface area contributed by atoms with Gasteiger partial charge in [-0.1, -0.05) is 18.2 Å². The molecule has 0 N–H and O–H groups in total. The highest BCUT2D eigenvalue weighted by Gasteiger charge is 2.16. The highest BCUT2D eigenvalue weighted by atomic mass is 32.2. The number of ether oxygens (including phenoxy) is 3. The van der Waals surface area contributed by atoms with E-state index in [0.717, 1.165) is 5.75 Å². The van der Waals surface area contributed by atoms with Crippen molar-refractivity contribution < 1.29 is 23.8 Å². The van der Waals surface area contributed by atoms with Crippen LogP contribution in [0.15, 0.2) is 54.6 Å². The van der Waals surface area contributed by atoms with E-state index in [1.807, 2.05) is 51.1 Å². The van der Waals surface area contributed by atoms with Gasteiger partial charge in [0.25, 0.3) is 0 Å². The molecule has 28 heavy (non-hydrogen) atoms. The molecule has 0 amide bonds. The van der Waals surface area contributed by atoms with Gasteiger partial charge in [-0.25, -0.2) is 0 Å². The molecule has 0 aliphatic rings. The van der Waals surface area contributed by atoms with Crippen LogP contribution in [0.1, 0.15) is 27.2 Å². The van der Waals surface area contributed by atoms with Crippen LogP contribution in [0.4, 0.5) is 0 Å². The topological polar surface area (TPSA) is 61.8 Å². The minimum absolute atomic E-state index is 0.00166. The minimum Gasteiger partial charge on any atom is -0.486 e. The van der Waals surface area contributed by atoms with Crippen molar-refractivity contribution in [1.29, 1.82) is 0 Å². The van der Waals surface area contributed by atoms with E-state index in [2.05, 4.69) is 0 Å². The zero-order chi connectivity index (χ0) is 20.4. The lowest BCUT2D eigenvalue weighted by Gasteiger charge is -2.19. The summed E-state index contributed by atoms with van der Waals surface area (Å²) in [4.78, 5) is 23.5. The van der Waals surface area contributed by atoms with E-state index in [1.54, 1.807) is 24.3 Å². The summed E-state index contributed by atoms with van der Waals surface area (Å²) in [6.45, 7) is 5.50. The maximum Gasteiger partial charge on any atom is 0.307 e. The fourth-order valence-electron chi connectivity index (χ4n) is 2.17. The number of carbonyl (C=O) groups is 2. The third-order valence-corrected chi connectivity index (χ3v) is 4.35. The monoisotopic (exact) mass is 402 g/mol. The maximum atomic E-state index is 11.9. The van der Waals surface area contributed by atoms with E-state index in [-0.39, 0.29) is 18.4 Å². The molecule has 2 aromatic rings. The van der Waals surface area contributed by atoms with Crippen molar-refractivity contribution in [2.45, 2.75) is 32.8 Å². The molecule has 0 saturated heterocycles. The van der Waals surface area contributed by atoms with Crippen molar-refractivity contribution in [3.8, 4) is 17.2 Å². The van der Waals surface area contributed by atoms with Crippen LogP contribution >= 0.6 is 11.8 Å². The Labute approximate surface area is 170 Å². The molecule has 0 saturated carbocycles. The fourth-order valence-corrected chi connectivity index (χ4v) is 2.93. The summed E-state index contributed by atoms with van der Waals surface area (Å²) in [5.41, 5.74) is -0.479. The Bertz CT molecular complexity index is 751. The zero-order valence-corrected chi connectivity index (χ0v) is 17.3.